The van der Waals surface area contributed by atoms with Crippen LogP contribution in [0.3, 0.4) is 0 Å². The highest BCUT2D eigenvalue weighted by atomic mass is 32.2. The molecule has 1 N–H and O–H groups in total. The van der Waals surface area contributed by atoms with E-state index in [4.69, 9.17) is 9.26 Å². The first-order valence-electron chi connectivity index (χ1n) is 9.62. The van der Waals surface area contributed by atoms with Crippen LogP contribution >= 0.6 is 0 Å². The predicted molar refractivity (Wildman–Crippen MR) is 106 cm³/mol. The minimum absolute atomic E-state index is 0.140. The number of anilines is 2. The summed E-state index contributed by atoms with van der Waals surface area (Å²) in [5.74, 6) is 0.905. The average Bonchev–Trinajstić information content (AvgIpc) is 3.32. The smallest absolute Gasteiger partial charge is 0.243 e. The number of rotatable bonds is 6. The minimum atomic E-state index is -3.50. The number of hydrogen-bond acceptors (Lipinski definition) is 7. The number of ether oxygens (including phenoxy) is 1. The van der Waals surface area contributed by atoms with Crippen LogP contribution in [0.4, 0.5) is 11.5 Å². The highest BCUT2D eigenvalue weighted by molar-refractivity contribution is 7.89. The second-order valence-electron chi connectivity index (χ2n) is 7.17. The summed E-state index contributed by atoms with van der Waals surface area (Å²) in [6.07, 6.45) is 1.06. The van der Waals surface area contributed by atoms with Crippen LogP contribution < -0.4 is 10.2 Å². The summed E-state index contributed by atoms with van der Waals surface area (Å²) in [5.41, 5.74) is 1.97. The van der Waals surface area contributed by atoms with E-state index in [9.17, 15) is 13.2 Å². The minimum Gasteiger partial charge on any atom is -0.379 e. The van der Waals surface area contributed by atoms with E-state index in [2.05, 4.69) is 15.4 Å². The molecule has 1 amide bonds. The first-order chi connectivity index (χ1) is 13.9. The number of aryl methyl sites for hydroxylation is 1. The van der Waals surface area contributed by atoms with Gasteiger partial charge in [-0.25, -0.2) is 8.42 Å². The van der Waals surface area contributed by atoms with Crippen molar-refractivity contribution in [3.05, 3.63) is 35.6 Å². The maximum atomic E-state index is 12.8. The predicted octanol–water partition coefficient (Wildman–Crippen LogP) is 1.40. The molecule has 4 rings (SSSR count). The van der Waals surface area contributed by atoms with Crippen LogP contribution in [-0.2, 0) is 26.0 Å². The first kappa shape index (κ1) is 19.9. The van der Waals surface area contributed by atoms with Gasteiger partial charge in [-0.1, -0.05) is 5.16 Å². The number of carbonyl (C=O) groups excluding carboxylic acids is 1. The maximum Gasteiger partial charge on any atom is 0.243 e. The zero-order chi connectivity index (χ0) is 20.4. The number of amides is 1. The molecule has 2 aromatic rings. The van der Waals surface area contributed by atoms with Crippen molar-refractivity contribution in [3.8, 4) is 0 Å². The molecule has 0 aliphatic carbocycles. The van der Waals surface area contributed by atoms with Crippen LogP contribution in [0, 0.1) is 6.92 Å². The summed E-state index contributed by atoms with van der Waals surface area (Å²) in [7, 11) is -3.50. The SMILES string of the molecule is Cc1cc(NC(=O)CCN2CCc3cc(S(=O)(=O)N4CCOCC4)ccc32)no1. The molecule has 0 unspecified atom stereocenters. The molecule has 2 aliphatic rings. The van der Waals surface area contributed by atoms with E-state index in [1.807, 2.05) is 6.07 Å². The van der Waals surface area contributed by atoms with Gasteiger partial charge in [-0.2, -0.15) is 4.31 Å². The fourth-order valence-corrected chi connectivity index (χ4v) is 5.10. The Balaban J connectivity index is 1.39. The topological polar surface area (TPSA) is 105 Å². The van der Waals surface area contributed by atoms with Crippen molar-refractivity contribution in [1.29, 1.82) is 0 Å². The fourth-order valence-electron chi connectivity index (χ4n) is 3.64. The second kappa shape index (κ2) is 8.13. The molecule has 10 heteroatoms. The van der Waals surface area contributed by atoms with Crippen molar-refractivity contribution in [1.82, 2.24) is 9.46 Å². The number of nitrogens with zero attached hydrogens (tertiary/aromatic N) is 3. The van der Waals surface area contributed by atoms with E-state index in [0.29, 0.717) is 55.7 Å². The molecule has 1 fully saturated rings. The summed E-state index contributed by atoms with van der Waals surface area (Å²) in [6.45, 7) is 4.68. The molecule has 3 heterocycles. The molecule has 2 aliphatic heterocycles. The Morgan fingerprint density at radius 1 is 1.21 bits per heavy atom. The zero-order valence-electron chi connectivity index (χ0n) is 16.3. The third kappa shape index (κ3) is 4.29. The third-order valence-corrected chi connectivity index (χ3v) is 7.05. The molecule has 0 atom stereocenters. The van der Waals surface area contributed by atoms with Crippen LogP contribution in [0.2, 0.25) is 0 Å². The third-order valence-electron chi connectivity index (χ3n) is 5.15. The van der Waals surface area contributed by atoms with E-state index < -0.39 is 10.0 Å². The van der Waals surface area contributed by atoms with E-state index in [-0.39, 0.29) is 5.91 Å². The summed E-state index contributed by atoms with van der Waals surface area (Å²) in [5, 5.41) is 6.46. The lowest BCUT2D eigenvalue weighted by Gasteiger charge is -2.26. The lowest BCUT2D eigenvalue weighted by atomic mass is 10.2. The number of benzene rings is 1. The van der Waals surface area contributed by atoms with Crippen LogP contribution in [0.1, 0.15) is 17.7 Å². The van der Waals surface area contributed by atoms with Crippen LogP contribution in [0.25, 0.3) is 0 Å². The summed E-state index contributed by atoms with van der Waals surface area (Å²) >= 11 is 0. The first-order valence-corrected chi connectivity index (χ1v) is 11.1. The van der Waals surface area contributed by atoms with E-state index in [0.717, 1.165) is 24.2 Å². The molecular formula is C19H24N4O5S. The van der Waals surface area contributed by atoms with Crippen molar-refractivity contribution >= 4 is 27.4 Å². The Morgan fingerprint density at radius 2 is 2.00 bits per heavy atom. The number of aromatic nitrogens is 1. The Bertz CT molecular complexity index is 998. The van der Waals surface area contributed by atoms with Gasteiger partial charge in [0.25, 0.3) is 0 Å². The molecule has 29 heavy (non-hydrogen) atoms. The molecule has 0 bridgehead atoms. The van der Waals surface area contributed by atoms with Gasteiger partial charge in [0.05, 0.1) is 18.1 Å². The standard InChI is InChI=1S/C19H24N4O5S/c1-14-12-18(21-28-14)20-19(24)5-7-22-6-4-15-13-16(2-3-17(15)22)29(25,26)23-8-10-27-11-9-23/h2-3,12-13H,4-11H2,1H3,(H,20,21,24). The number of carbonyl (C=O) groups is 1. The van der Waals surface area contributed by atoms with Crippen molar-refractivity contribution in [2.75, 3.05) is 49.6 Å². The van der Waals surface area contributed by atoms with Gasteiger partial charge in [-0.15, -0.1) is 0 Å². The van der Waals surface area contributed by atoms with E-state index in [1.165, 1.54) is 4.31 Å². The molecule has 1 aromatic heterocycles. The van der Waals surface area contributed by atoms with Crippen LogP contribution in [-0.4, -0.2) is 63.2 Å². The number of morpholine rings is 1. The van der Waals surface area contributed by atoms with Gasteiger partial charge < -0.3 is 19.5 Å². The van der Waals surface area contributed by atoms with Crippen molar-refractivity contribution in [3.63, 3.8) is 0 Å². The van der Waals surface area contributed by atoms with Gasteiger partial charge in [0.1, 0.15) is 5.76 Å². The Hall–Kier alpha value is -2.43. The normalized spacial score (nSPS) is 17.3. The van der Waals surface area contributed by atoms with Gasteiger partial charge in [-0.3, -0.25) is 4.79 Å². The van der Waals surface area contributed by atoms with E-state index in [1.54, 1.807) is 25.1 Å². The molecule has 1 saturated heterocycles. The number of fused-ring (bicyclic) bond motifs is 1. The molecule has 0 radical (unpaired) electrons. The summed E-state index contributed by atoms with van der Waals surface area (Å²) in [4.78, 5) is 14.6. The number of nitrogens with one attached hydrogen (secondary N) is 1. The molecule has 0 spiro atoms. The lowest BCUT2D eigenvalue weighted by molar-refractivity contribution is -0.116. The average molecular weight is 420 g/mol. The van der Waals surface area contributed by atoms with Gasteiger partial charge in [-0.05, 0) is 37.1 Å². The van der Waals surface area contributed by atoms with Crippen LogP contribution in [0.5, 0.6) is 0 Å². The van der Waals surface area contributed by atoms with Gasteiger partial charge in [0.2, 0.25) is 15.9 Å². The molecule has 156 valence electrons. The summed E-state index contributed by atoms with van der Waals surface area (Å²) < 4.78 is 37.4. The van der Waals surface area contributed by atoms with Gasteiger partial charge >= 0.3 is 0 Å². The Morgan fingerprint density at radius 3 is 2.72 bits per heavy atom. The van der Waals surface area contributed by atoms with Gasteiger partial charge in [0, 0.05) is 44.4 Å². The quantitative estimate of drug-likeness (QED) is 0.753. The molecule has 0 saturated carbocycles. The zero-order valence-corrected chi connectivity index (χ0v) is 17.1. The maximum absolute atomic E-state index is 12.8. The van der Waals surface area contributed by atoms with Crippen molar-refractivity contribution < 1.29 is 22.5 Å². The highest BCUT2D eigenvalue weighted by Crippen LogP contribution is 2.31. The largest absolute Gasteiger partial charge is 0.379 e. The van der Waals surface area contributed by atoms with Crippen LogP contribution in [0.15, 0.2) is 33.7 Å². The molecule has 9 nitrogen and oxygen atoms in total. The molecular weight excluding hydrogens is 396 g/mol. The number of sulfonamides is 1. The Labute approximate surface area is 169 Å². The summed E-state index contributed by atoms with van der Waals surface area (Å²) in [6, 6.07) is 6.92. The Kier molecular flexibility index (Phi) is 5.57. The number of hydrogen-bond donors (Lipinski definition) is 1. The molecule has 1 aromatic carbocycles. The lowest BCUT2D eigenvalue weighted by Crippen LogP contribution is -2.40. The van der Waals surface area contributed by atoms with Crippen molar-refractivity contribution in [2.24, 2.45) is 0 Å². The monoisotopic (exact) mass is 420 g/mol. The van der Waals surface area contributed by atoms with E-state index >= 15 is 0 Å². The highest BCUT2D eigenvalue weighted by Gasteiger charge is 2.28. The van der Waals surface area contributed by atoms with Crippen molar-refractivity contribution in [2.45, 2.75) is 24.7 Å². The second-order valence-corrected chi connectivity index (χ2v) is 9.10. The van der Waals surface area contributed by atoms with Gasteiger partial charge in [0.15, 0.2) is 5.82 Å². The fraction of sp³-hybridized carbons (Fsp3) is 0.474.